The third kappa shape index (κ3) is 2.77. The molecule has 0 saturated carbocycles. The van der Waals surface area contributed by atoms with Crippen LogP contribution in [-0.4, -0.2) is 21.7 Å². The molecule has 1 aromatic carbocycles. The number of rotatable bonds is 3. The fourth-order valence-corrected chi connectivity index (χ4v) is 5.10. The Kier molecular flexibility index (Phi) is 3.52. The van der Waals surface area contributed by atoms with E-state index in [-0.39, 0.29) is 6.10 Å². The van der Waals surface area contributed by atoms with Gasteiger partial charge in [-0.3, -0.25) is 0 Å². The van der Waals surface area contributed by atoms with E-state index in [1.165, 1.54) is 12.8 Å². The molecule has 3 heteroatoms. The summed E-state index contributed by atoms with van der Waals surface area (Å²) in [5, 5.41) is 12.2. The van der Waals surface area contributed by atoms with E-state index in [1.54, 1.807) is 0 Å². The number of hydrogen-bond donors (Lipinski definition) is 1. The van der Waals surface area contributed by atoms with Gasteiger partial charge in [-0.1, -0.05) is 12.1 Å². The number of ether oxygens (including phenoxy) is 1. The Morgan fingerprint density at radius 1 is 1.16 bits per heavy atom. The second kappa shape index (κ2) is 5.02. The molecule has 0 radical (unpaired) electrons. The standard InChI is InChI=1S/C16H22O2S/c1-11(2)18-13-5-3-12(4-6-13)16(17)9-14-7-8-15(10-16)19-14/h3-6,11,14-15,17H,7-10H2,1-2H3. The summed E-state index contributed by atoms with van der Waals surface area (Å²) in [6.07, 6.45) is 4.53. The minimum atomic E-state index is -0.618. The molecule has 1 N–H and O–H groups in total. The second-order valence-corrected chi connectivity index (χ2v) is 7.69. The topological polar surface area (TPSA) is 29.5 Å². The summed E-state index contributed by atoms with van der Waals surface area (Å²) in [5.74, 6) is 0.885. The average molecular weight is 278 g/mol. The van der Waals surface area contributed by atoms with Gasteiger partial charge in [0.2, 0.25) is 0 Å². The van der Waals surface area contributed by atoms with Gasteiger partial charge < -0.3 is 9.84 Å². The first-order valence-electron chi connectivity index (χ1n) is 7.20. The van der Waals surface area contributed by atoms with E-state index in [9.17, 15) is 5.11 Å². The molecule has 2 bridgehead atoms. The molecule has 0 aromatic heterocycles. The molecule has 0 aliphatic carbocycles. The maximum atomic E-state index is 10.9. The lowest BCUT2D eigenvalue weighted by Gasteiger charge is -2.36. The molecule has 3 rings (SSSR count). The van der Waals surface area contributed by atoms with Crippen molar-refractivity contribution in [3.05, 3.63) is 29.8 Å². The molecule has 2 saturated heterocycles. The van der Waals surface area contributed by atoms with Gasteiger partial charge in [-0.2, -0.15) is 11.8 Å². The fourth-order valence-electron chi connectivity index (χ4n) is 3.27. The Labute approximate surface area is 119 Å². The maximum absolute atomic E-state index is 10.9. The van der Waals surface area contributed by atoms with Crippen LogP contribution in [-0.2, 0) is 5.60 Å². The maximum Gasteiger partial charge on any atom is 0.119 e. The highest BCUT2D eigenvalue weighted by molar-refractivity contribution is 8.00. The van der Waals surface area contributed by atoms with Crippen molar-refractivity contribution in [1.29, 1.82) is 0 Å². The van der Waals surface area contributed by atoms with Crippen LogP contribution in [0, 0.1) is 0 Å². The molecule has 0 amide bonds. The van der Waals surface area contributed by atoms with Crippen LogP contribution < -0.4 is 4.74 Å². The van der Waals surface area contributed by atoms with Crippen LogP contribution >= 0.6 is 11.8 Å². The number of thioether (sulfide) groups is 1. The van der Waals surface area contributed by atoms with Crippen LogP contribution in [0.3, 0.4) is 0 Å². The largest absolute Gasteiger partial charge is 0.491 e. The van der Waals surface area contributed by atoms with Gasteiger partial charge in [0.15, 0.2) is 0 Å². The van der Waals surface area contributed by atoms with E-state index in [0.29, 0.717) is 10.5 Å². The molecule has 19 heavy (non-hydrogen) atoms. The molecule has 2 heterocycles. The normalized spacial score (nSPS) is 33.7. The molecule has 2 unspecified atom stereocenters. The van der Waals surface area contributed by atoms with Crippen LogP contribution in [0.4, 0.5) is 0 Å². The molecular weight excluding hydrogens is 256 g/mol. The zero-order valence-corrected chi connectivity index (χ0v) is 12.5. The minimum absolute atomic E-state index is 0.191. The third-order valence-electron chi connectivity index (χ3n) is 4.09. The highest BCUT2D eigenvalue weighted by Crippen LogP contribution is 2.51. The highest BCUT2D eigenvalue weighted by Gasteiger charge is 2.44. The van der Waals surface area contributed by atoms with E-state index in [2.05, 4.69) is 11.8 Å². The predicted octanol–water partition coefficient (Wildman–Crippen LogP) is 3.72. The van der Waals surface area contributed by atoms with Gasteiger partial charge in [0.05, 0.1) is 11.7 Å². The van der Waals surface area contributed by atoms with E-state index in [4.69, 9.17) is 4.74 Å². The SMILES string of the molecule is CC(C)Oc1ccc(C2(O)CC3CCC(C2)S3)cc1. The molecule has 1 aromatic rings. The van der Waals surface area contributed by atoms with Crippen LogP contribution in [0.15, 0.2) is 24.3 Å². The van der Waals surface area contributed by atoms with Crippen LogP contribution in [0.25, 0.3) is 0 Å². The monoisotopic (exact) mass is 278 g/mol. The number of fused-ring (bicyclic) bond motifs is 2. The summed E-state index contributed by atoms with van der Waals surface area (Å²) in [7, 11) is 0. The summed E-state index contributed by atoms with van der Waals surface area (Å²) in [6, 6.07) is 8.04. The van der Waals surface area contributed by atoms with Gasteiger partial charge in [0.1, 0.15) is 5.75 Å². The Morgan fingerprint density at radius 3 is 2.26 bits per heavy atom. The van der Waals surface area contributed by atoms with Gasteiger partial charge in [0, 0.05) is 10.5 Å². The lowest BCUT2D eigenvalue weighted by atomic mass is 9.86. The Bertz CT molecular complexity index is 429. The van der Waals surface area contributed by atoms with E-state index in [1.807, 2.05) is 38.1 Å². The average Bonchev–Trinajstić information content (AvgIpc) is 2.69. The number of hydrogen-bond acceptors (Lipinski definition) is 3. The lowest BCUT2D eigenvalue weighted by Crippen LogP contribution is -2.34. The van der Waals surface area contributed by atoms with Crippen molar-refractivity contribution in [2.24, 2.45) is 0 Å². The minimum Gasteiger partial charge on any atom is -0.491 e. The van der Waals surface area contributed by atoms with Crippen molar-refractivity contribution < 1.29 is 9.84 Å². The zero-order valence-electron chi connectivity index (χ0n) is 11.6. The van der Waals surface area contributed by atoms with Crippen LogP contribution in [0.1, 0.15) is 45.1 Å². The van der Waals surface area contributed by atoms with E-state index < -0.39 is 5.60 Å². The number of benzene rings is 1. The summed E-state index contributed by atoms with van der Waals surface area (Å²) in [5.41, 5.74) is 0.439. The quantitative estimate of drug-likeness (QED) is 0.913. The molecule has 2 fully saturated rings. The first kappa shape index (κ1) is 13.3. The fraction of sp³-hybridized carbons (Fsp3) is 0.625. The summed E-state index contributed by atoms with van der Waals surface area (Å²) < 4.78 is 5.66. The first-order chi connectivity index (χ1) is 9.05. The van der Waals surface area contributed by atoms with Crippen molar-refractivity contribution >= 4 is 11.8 Å². The Morgan fingerprint density at radius 2 is 1.74 bits per heavy atom. The van der Waals surface area contributed by atoms with E-state index >= 15 is 0 Å². The van der Waals surface area contributed by atoms with Crippen molar-refractivity contribution in [2.75, 3.05) is 0 Å². The summed E-state index contributed by atoms with van der Waals surface area (Å²) in [4.78, 5) is 0. The van der Waals surface area contributed by atoms with Gasteiger partial charge in [-0.05, 0) is 57.2 Å². The van der Waals surface area contributed by atoms with Crippen molar-refractivity contribution in [1.82, 2.24) is 0 Å². The zero-order chi connectivity index (χ0) is 13.5. The predicted molar refractivity (Wildman–Crippen MR) is 79.7 cm³/mol. The molecule has 0 spiro atoms. The van der Waals surface area contributed by atoms with Crippen LogP contribution in [0.5, 0.6) is 5.75 Å². The lowest BCUT2D eigenvalue weighted by molar-refractivity contribution is 0.0196. The highest BCUT2D eigenvalue weighted by atomic mass is 32.2. The molecule has 2 aliphatic rings. The molecule has 2 aliphatic heterocycles. The number of aliphatic hydroxyl groups is 1. The second-order valence-electron chi connectivity index (χ2n) is 6.09. The van der Waals surface area contributed by atoms with Crippen LogP contribution in [0.2, 0.25) is 0 Å². The smallest absolute Gasteiger partial charge is 0.119 e. The molecular formula is C16H22O2S. The van der Waals surface area contributed by atoms with E-state index in [0.717, 1.165) is 24.2 Å². The van der Waals surface area contributed by atoms with Crippen molar-refractivity contribution in [3.8, 4) is 5.75 Å². The molecule has 104 valence electrons. The van der Waals surface area contributed by atoms with Crippen molar-refractivity contribution in [2.45, 2.75) is 61.7 Å². The first-order valence-corrected chi connectivity index (χ1v) is 8.14. The third-order valence-corrected chi connectivity index (χ3v) is 5.66. The van der Waals surface area contributed by atoms with Crippen molar-refractivity contribution in [3.63, 3.8) is 0 Å². The van der Waals surface area contributed by atoms with Gasteiger partial charge >= 0.3 is 0 Å². The Hall–Kier alpha value is -0.670. The van der Waals surface area contributed by atoms with Gasteiger partial charge in [0.25, 0.3) is 0 Å². The summed E-state index contributed by atoms with van der Waals surface area (Å²) >= 11 is 2.08. The summed E-state index contributed by atoms with van der Waals surface area (Å²) in [6.45, 7) is 4.05. The van der Waals surface area contributed by atoms with Gasteiger partial charge in [-0.25, -0.2) is 0 Å². The Balaban J connectivity index is 1.78. The molecule has 2 nitrogen and oxygen atoms in total. The molecule has 2 atom stereocenters. The van der Waals surface area contributed by atoms with Gasteiger partial charge in [-0.15, -0.1) is 0 Å².